The lowest BCUT2D eigenvalue weighted by molar-refractivity contribution is 0.171. The van der Waals surface area contributed by atoms with Crippen molar-refractivity contribution < 1.29 is 8.54 Å². The van der Waals surface area contributed by atoms with Crippen molar-refractivity contribution in [2.24, 2.45) is 17.8 Å². The first-order chi connectivity index (χ1) is 8.42. The van der Waals surface area contributed by atoms with Gasteiger partial charge in [0, 0.05) is 6.61 Å². The van der Waals surface area contributed by atoms with E-state index in [2.05, 4.69) is 0 Å². The van der Waals surface area contributed by atoms with Gasteiger partial charge in [-0.25, -0.2) is 0 Å². The van der Waals surface area contributed by atoms with Crippen molar-refractivity contribution in [1.29, 1.82) is 0 Å². The predicted molar refractivity (Wildman–Crippen MR) is 76.1 cm³/mol. The molecule has 0 heterocycles. The molecule has 0 unspecified atom stereocenters. The molecular weight excluding hydrogens is 244 g/mol. The SMILES string of the molecule is [SiH3]O[SiH]OCCC(C1CCCC1)C1CCCC1. The number of rotatable bonds is 7. The summed E-state index contributed by atoms with van der Waals surface area (Å²) in [6, 6.07) is 0. The zero-order valence-corrected chi connectivity index (χ0v) is 14.4. The van der Waals surface area contributed by atoms with E-state index in [9.17, 15) is 0 Å². The molecule has 0 aromatic heterocycles. The molecule has 2 aliphatic rings. The minimum absolute atomic E-state index is 0.153. The van der Waals surface area contributed by atoms with E-state index in [1.165, 1.54) is 57.8 Å². The summed E-state index contributed by atoms with van der Waals surface area (Å²) in [6.45, 7) is 0.954. The summed E-state index contributed by atoms with van der Waals surface area (Å²) in [6.07, 6.45) is 13.2. The van der Waals surface area contributed by atoms with Gasteiger partial charge in [0.05, 0.1) is 0 Å². The highest BCUT2D eigenvalue weighted by atomic mass is 28.3. The summed E-state index contributed by atoms with van der Waals surface area (Å²) in [4.78, 5) is 0. The average molecular weight is 272 g/mol. The average Bonchev–Trinajstić information content (AvgIpc) is 3.02. The Labute approximate surface area is 111 Å². The molecule has 2 fully saturated rings. The molecule has 0 saturated heterocycles. The normalized spacial score (nSPS) is 23.1. The molecule has 2 saturated carbocycles. The molecule has 0 N–H and O–H groups in total. The highest BCUT2D eigenvalue weighted by Gasteiger charge is 2.32. The zero-order chi connectivity index (χ0) is 11.9. The van der Waals surface area contributed by atoms with Crippen molar-refractivity contribution in [3.05, 3.63) is 0 Å². The predicted octanol–water partition coefficient (Wildman–Crippen LogP) is 1.95. The Balaban J connectivity index is 1.78. The lowest BCUT2D eigenvalue weighted by Crippen LogP contribution is -2.22. The summed E-state index contributed by atoms with van der Waals surface area (Å²) in [5.41, 5.74) is 0. The molecular formula is C13H27O2Si2. The van der Waals surface area contributed by atoms with Crippen LogP contribution in [0.15, 0.2) is 0 Å². The van der Waals surface area contributed by atoms with Crippen LogP contribution >= 0.6 is 0 Å². The van der Waals surface area contributed by atoms with Gasteiger partial charge in [-0.05, 0) is 24.2 Å². The van der Waals surface area contributed by atoms with E-state index < -0.39 is 0 Å². The van der Waals surface area contributed by atoms with Gasteiger partial charge in [0.1, 0.15) is 10.5 Å². The Morgan fingerprint density at radius 2 is 1.53 bits per heavy atom. The van der Waals surface area contributed by atoms with Crippen LogP contribution in [0.5, 0.6) is 0 Å². The number of hydrogen-bond donors (Lipinski definition) is 0. The second kappa shape index (κ2) is 7.72. The minimum atomic E-state index is -0.153. The third-order valence-corrected chi connectivity index (χ3v) is 5.89. The van der Waals surface area contributed by atoms with E-state index in [0.29, 0.717) is 0 Å². The van der Waals surface area contributed by atoms with Crippen LogP contribution in [0, 0.1) is 17.8 Å². The van der Waals surface area contributed by atoms with Crippen LogP contribution in [0.1, 0.15) is 57.8 Å². The third kappa shape index (κ3) is 4.19. The summed E-state index contributed by atoms with van der Waals surface area (Å²) in [5.74, 6) is 3.01. The van der Waals surface area contributed by atoms with Crippen LogP contribution in [0.25, 0.3) is 0 Å². The minimum Gasteiger partial charge on any atom is -0.446 e. The van der Waals surface area contributed by atoms with Gasteiger partial charge in [0.25, 0.3) is 0 Å². The highest BCUT2D eigenvalue weighted by molar-refractivity contribution is 6.27. The summed E-state index contributed by atoms with van der Waals surface area (Å²) in [5, 5.41) is 0. The first kappa shape index (κ1) is 13.8. The summed E-state index contributed by atoms with van der Waals surface area (Å²) >= 11 is 0. The van der Waals surface area contributed by atoms with Crippen molar-refractivity contribution in [2.45, 2.75) is 57.8 Å². The maximum Gasteiger partial charge on any atom is 0.353 e. The molecule has 0 bridgehead atoms. The molecule has 2 rings (SSSR count). The molecule has 1 radical (unpaired) electrons. The first-order valence-corrected chi connectivity index (χ1v) is 9.14. The van der Waals surface area contributed by atoms with Crippen LogP contribution in [0.4, 0.5) is 0 Å². The second-order valence-electron chi connectivity index (χ2n) is 5.74. The molecule has 0 aromatic carbocycles. The maximum atomic E-state index is 5.63. The second-order valence-corrected chi connectivity index (χ2v) is 8.16. The van der Waals surface area contributed by atoms with E-state index in [1.807, 2.05) is 0 Å². The Morgan fingerprint density at radius 1 is 1.00 bits per heavy atom. The van der Waals surface area contributed by atoms with Crippen LogP contribution < -0.4 is 0 Å². The Kier molecular flexibility index (Phi) is 6.25. The topological polar surface area (TPSA) is 18.5 Å². The molecule has 4 heteroatoms. The quantitative estimate of drug-likeness (QED) is 0.520. The van der Waals surface area contributed by atoms with Gasteiger partial charge in [0.2, 0.25) is 0 Å². The summed E-state index contributed by atoms with van der Waals surface area (Å²) < 4.78 is 10.8. The van der Waals surface area contributed by atoms with E-state index in [-0.39, 0.29) is 10.0 Å². The molecule has 0 atom stereocenters. The smallest absolute Gasteiger partial charge is 0.353 e. The lowest BCUT2D eigenvalue weighted by atomic mass is 9.78. The Morgan fingerprint density at radius 3 is 2.00 bits per heavy atom. The van der Waals surface area contributed by atoms with Crippen molar-refractivity contribution in [1.82, 2.24) is 0 Å². The molecule has 99 valence electrons. The van der Waals surface area contributed by atoms with E-state index in [4.69, 9.17) is 8.54 Å². The van der Waals surface area contributed by atoms with E-state index >= 15 is 0 Å². The van der Waals surface area contributed by atoms with Gasteiger partial charge in [-0.2, -0.15) is 0 Å². The summed E-state index contributed by atoms with van der Waals surface area (Å²) in [7, 11) is 0.677. The van der Waals surface area contributed by atoms with Crippen LogP contribution in [0.2, 0.25) is 0 Å². The molecule has 17 heavy (non-hydrogen) atoms. The van der Waals surface area contributed by atoms with E-state index in [1.54, 1.807) is 0 Å². The molecule has 0 aromatic rings. The van der Waals surface area contributed by atoms with Gasteiger partial charge >= 0.3 is 10.0 Å². The van der Waals surface area contributed by atoms with Gasteiger partial charge in [-0.1, -0.05) is 51.4 Å². The van der Waals surface area contributed by atoms with Crippen molar-refractivity contribution in [3.8, 4) is 0 Å². The third-order valence-electron chi connectivity index (χ3n) is 4.74. The van der Waals surface area contributed by atoms with Crippen LogP contribution in [-0.4, -0.2) is 27.1 Å². The largest absolute Gasteiger partial charge is 0.446 e. The molecule has 0 aliphatic heterocycles. The van der Waals surface area contributed by atoms with Gasteiger partial charge in [-0.15, -0.1) is 0 Å². The van der Waals surface area contributed by atoms with Crippen LogP contribution in [0.3, 0.4) is 0 Å². The van der Waals surface area contributed by atoms with Crippen molar-refractivity contribution in [2.75, 3.05) is 6.61 Å². The fourth-order valence-corrected chi connectivity index (χ4v) is 4.72. The molecule has 2 nitrogen and oxygen atoms in total. The van der Waals surface area contributed by atoms with Crippen molar-refractivity contribution in [3.63, 3.8) is 0 Å². The Hall–Kier alpha value is 0.354. The molecule has 2 aliphatic carbocycles. The highest BCUT2D eigenvalue weighted by Crippen LogP contribution is 2.43. The number of hydrogen-bond acceptors (Lipinski definition) is 2. The monoisotopic (exact) mass is 271 g/mol. The molecule has 0 amide bonds. The fraction of sp³-hybridized carbons (Fsp3) is 1.00. The van der Waals surface area contributed by atoms with Gasteiger partial charge < -0.3 is 8.54 Å². The first-order valence-electron chi connectivity index (χ1n) is 7.38. The van der Waals surface area contributed by atoms with Crippen LogP contribution in [-0.2, 0) is 8.54 Å². The molecule has 0 spiro atoms. The Bertz CT molecular complexity index is 186. The van der Waals surface area contributed by atoms with E-state index in [0.717, 1.165) is 34.8 Å². The van der Waals surface area contributed by atoms with Gasteiger partial charge in [0.15, 0.2) is 0 Å². The fourth-order valence-electron chi connectivity index (χ4n) is 3.95. The van der Waals surface area contributed by atoms with Gasteiger partial charge in [-0.3, -0.25) is 0 Å². The standard InChI is InChI=1S/C13H27O2Si2/c16-15-17-14-10-9-13(11-5-1-2-6-11)12-7-3-4-8-12/h11-13,17H,1-10H2,16H3. The lowest BCUT2D eigenvalue weighted by Gasteiger charge is -2.29. The zero-order valence-electron chi connectivity index (χ0n) is 11.2. The van der Waals surface area contributed by atoms with Crippen molar-refractivity contribution >= 4 is 20.5 Å². The maximum absolute atomic E-state index is 5.63.